The van der Waals surface area contributed by atoms with Crippen LogP contribution in [0.25, 0.3) is 0 Å². The maximum atomic E-state index is 12.6. The van der Waals surface area contributed by atoms with E-state index in [1.165, 1.54) is 12.8 Å². The summed E-state index contributed by atoms with van der Waals surface area (Å²) in [5, 5.41) is 0. The Hall–Kier alpha value is -2.29. The van der Waals surface area contributed by atoms with Gasteiger partial charge in [-0.05, 0) is 61.9 Å². The number of sulfonamides is 1. The maximum Gasteiger partial charge on any atom is 0.244 e. The summed E-state index contributed by atoms with van der Waals surface area (Å²) in [6, 6.07) is 13.3. The molecule has 7 nitrogen and oxygen atoms in total. The molecule has 164 valence electrons. The van der Waals surface area contributed by atoms with Crippen LogP contribution in [0.5, 0.6) is 11.5 Å². The number of aryl methyl sites for hydroxylation is 1. The zero-order valence-electron chi connectivity index (χ0n) is 17.9. The summed E-state index contributed by atoms with van der Waals surface area (Å²) >= 11 is 0. The molecular formula is C22H31N3O4S. The summed E-state index contributed by atoms with van der Waals surface area (Å²) in [7, 11) is -0.438. The van der Waals surface area contributed by atoms with Crippen LogP contribution in [-0.4, -0.2) is 66.8 Å². The number of rotatable bonds is 9. The molecule has 0 aliphatic carbocycles. The average Bonchev–Trinajstić information content (AvgIpc) is 2.77. The minimum atomic E-state index is -3.59. The molecule has 1 fully saturated rings. The van der Waals surface area contributed by atoms with E-state index in [0.29, 0.717) is 12.3 Å². The zero-order chi connectivity index (χ0) is 21.6. The Bertz CT molecular complexity index is 924. The van der Waals surface area contributed by atoms with E-state index >= 15 is 0 Å². The zero-order valence-corrected chi connectivity index (χ0v) is 18.7. The van der Waals surface area contributed by atoms with E-state index in [2.05, 4.69) is 26.7 Å². The van der Waals surface area contributed by atoms with Crippen LogP contribution in [-0.2, 0) is 10.0 Å². The van der Waals surface area contributed by atoms with Gasteiger partial charge in [0.05, 0.1) is 14.2 Å². The summed E-state index contributed by atoms with van der Waals surface area (Å²) in [6.07, 6.45) is 0.760. The predicted octanol–water partition coefficient (Wildman–Crippen LogP) is 2.50. The minimum absolute atomic E-state index is 0.193. The van der Waals surface area contributed by atoms with Gasteiger partial charge in [0, 0.05) is 38.4 Å². The van der Waals surface area contributed by atoms with Gasteiger partial charge in [-0.1, -0.05) is 6.07 Å². The molecule has 2 aromatic rings. The van der Waals surface area contributed by atoms with Crippen LogP contribution >= 0.6 is 0 Å². The van der Waals surface area contributed by atoms with Gasteiger partial charge in [-0.25, -0.2) is 13.1 Å². The third kappa shape index (κ3) is 5.65. The average molecular weight is 434 g/mol. The second-order valence-corrected chi connectivity index (χ2v) is 9.17. The molecule has 1 saturated heterocycles. The number of nitrogens with one attached hydrogen (secondary N) is 1. The maximum absolute atomic E-state index is 12.6. The Kier molecular flexibility index (Phi) is 7.58. The fourth-order valence-corrected chi connectivity index (χ4v) is 4.93. The number of anilines is 1. The molecule has 0 atom stereocenters. The molecule has 1 aliphatic rings. The molecule has 0 bridgehead atoms. The Morgan fingerprint density at radius 3 is 2.30 bits per heavy atom. The lowest BCUT2D eigenvalue weighted by molar-refractivity contribution is 0.255. The molecule has 1 N–H and O–H groups in total. The van der Waals surface area contributed by atoms with Crippen molar-refractivity contribution in [3.63, 3.8) is 0 Å². The van der Waals surface area contributed by atoms with Crippen LogP contribution in [0.3, 0.4) is 0 Å². The van der Waals surface area contributed by atoms with E-state index in [1.807, 2.05) is 25.1 Å². The highest BCUT2D eigenvalue weighted by atomic mass is 32.2. The first kappa shape index (κ1) is 22.4. The Morgan fingerprint density at radius 2 is 1.67 bits per heavy atom. The highest BCUT2D eigenvalue weighted by molar-refractivity contribution is 7.89. The third-order valence-corrected chi connectivity index (χ3v) is 6.84. The molecule has 0 saturated carbocycles. The molecule has 0 radical (unpaired) electrons. The number of piperazine rings is 1. The third-order valence-electron chi connectivity index (χ3n) is 5.36. The van der Waals surface area contributed by atoms with E-state index in [0.717, 1.165) is 50.5 Å². The van der Waals surface area contributed by atoms with Crippen LogP contribution in [0.2, 0.25) is 0 Å². The van der Waals surface area contributed by atoms with Gasteiger partial charge in [0.25, 0.3) is 0 Å². The van der Waals surface area contributed by atoms with Crippen LogP contribution in [0.4, 0.5) is 5.69 Å². The summed E-state index contributed by atoms with van der Waals surface area (Å²) in [4.78, 5) is 4.93. The van der Waals surface area contributed by atoms with Crippen molar-refractivity contribution in [2.75, 3.05) is 58.4 Å². The quantitative estimate of drug-likeness (QED) is 0.613. The second-order valence-electron chi connectivity index (χ2n) is 7.43. The van der Waals surface area contributed by atoms with Crippen LogP contribution in [0.15, 0.2) is 47.4 Å². The topological polar surface area (TPSA) is 71.1 Å². The van der Waals surface area contributed by atoms with Crippen LogP contribution in [0, 0.1) is 6.92 Å². The number of hydrogen-bond acceptors (Lipinski definition) is 6. The first-order chi connectivity index (χ1) is 14.4. The summed E-state index contributed by atoms with van der Waals surface area (Å²) in [5.74, 6) is 1.23. The standard InChI is InChI=1S/C22H31N3O4S/c1-18-5-10-21(29-3)22(17-18)30(26,27)23-11-4-12-24-13-15-25(16-14-24)19-6-8-20(28-2)9-7-19/h5-10,17,23H,4,11-16H2,1-3H3. The van der Waals surface area contributed by atoms with E-state index < -0.39 is 10.0 Å². The molecule has 8 heteroatoms. The Balaban J connectivity index is 1.43. The largest absolute Gasteiger partial charge is 0.497 e. The molecule has 30 heavy (non-hydrogen) atoms. The van der Waals surface area contributed by atoms with E-state index in [9.17, 15) is 8.42 Å². The van der Waals surface area contributed by atoms with Crippen molar-refractivity contribution in [1.82, 2.24) is 9.62 Å². The fourth-order valence-electron chi connectivity index (χ4n) is 3.60. The van der Waals surface area contributed by atoms with Crippen LogP contribution < -0.4 is 19.1 Å². The lowest BCUT2D eigenvalue weighted by atomic mass is 10.2. The number of methoxy groups -OCH3 is 2. The van der Waals surface area contributed by atoms with Gasteiger partial charge in [-0.15, -0.1) is 0 Å². The Labute approximate surface area is 179 Å². The summed E-state index contributed by atoms with van der Waals surface area (Å²) in [5.41, 5.74) is 2.08. The second kappa shape index (κ2) is 10.1. The molecule has 0 spiro atoms. The first-order valence-corrected chi connectivity index (χ1v) is 11.7. The molecule has 1 heterocycles. The molecule has 2 aromatic carbocycles. The van der Waals surface area contributed by atoms with Crippen molar-refractivity contribution in [1.29, 1.82) is 0 Å². The lowest BCUT2D eigenvalue weighted by Crippen LogP contribution is -2.47. The van der Waals surface area contributed by atoms with E-state index in [1.54, 1.807) is 19.2 Å². The Morgan fingerprint density at radius 1 is 0.967 bits per heavy atom. The molecule has 0 aromatic heterocycles. The highest BCUT2D eigenvalue weighted by Gasteiger charge is 2.20. The van der Waals surface area contributed by atoms with Gasteiger partial charge >= 0.3 is 0 Å². The van der Waals surface area contributed by atoms with E-state index in [-0.39, 0.29) is 4.90 Å². The van der Waals surface area contributed by atoms with Gasteiger partial charge in [-0.3, -0.25) is 4.90 Å². The lowest BCUT2D eigenvalue weighted by Gasteiger charge is -2.36. The minimum Gasteiger partial charge on any atom is -0.497 e. The smallest absolute Gasteiger partial charge is 0.244 e. The highest BCUT2D eigenvalue weighted by Crippen LogP contribution is 2.24. The van der Waals surface area contributed by atoms with Crippen molar-refractivity contribution in [2.45, 2.75) is 18.2 Å². The van der Waals surface area contributed by atoms with Crippen molar-refractivity contribution < 1.29 is 17.9 Å². The molecule has 1 aliphatic heterocycles. The normalized spacial score (nSPS) is 15.2. The van der Waals surface area contributed by atoms with Gasteiger partial charge in [-0.2, -0.15) is 0 Å². The summed E-state index contributed by atoms with van der Waals surface area (Å²) in [6.45, 7) is 6.97. The number of nitrogens with zero attached hydrogens (tertiary/aromatic N) is 2. The number of benzene rings is 2. The predicted molar refractivity (Wildman–Crippen MR) is 119 cm³/mol. The monoisotopic (exact) mass is 433 g/mol. The summed E-state index contributed by atoms with van der Waals surface area (Å²) < 4.78 is 38.4. The fraction of sp³-hybridized carbons (Fsp3) is 0.455. The molecular weight excluding hydrogens is 402 g/mol. The SMILES string of the molecule is COc1ccc(N2CCN(CCCNS(=O)(=O)c3cc(C)ccc3OC)CC2)cc1. The first-order valence-electron chi connectivity index (χ1n) is 10.2. The number of ether oxygens (including phenoxy) is 2. The van der Waals surface area contributed by atoms with Crippen molar-refractivity contribution in [2.24, 2.45) is 0 Å². The number of hydrogen-bond donors (Lipinski definition) is 1. The molecule has 0 unspecified atom stereocenters. The van der Waals surface area contributed by atoms with Gasteiger partial charge in [0.2, 0.25) is 10.0 Å². The molecule has 3 rings (SSSR count). The van der Waals surface area contributed by atoms with Gasteiger partial charge < -0.3 is 14.4 Å². The van der Waals surface area contributed by atoms with Gasteiger partial charge in [0.15, 0.2) is 0 Å². The van der Waals surface area contributed by atoms with E-state index in [4.69, 9.17) is 9.47 Å². The van der Waals surface area contributed by atoms with Crippen LogP contribution in [0.1, 0.15) is 12.0 Å². The van der Waals surface area contributed by atoms with Crippen molar-refractivity contribution >= 4 is 15.7 Å². The van der Waals surface area contributed by atoms with Crippen molar-refractivity contribution in [3.05, 3.63) is 48.0 Å². The van der Waals surface area contributed by atoms with Gasteiger partial charge in [0.1, 0.15) is 16.4 Å². The molecule has 0 amide bonds. The van der Waals surface area contributed by atoms with Crippen molar-refractivity contribution in [3.8, 4) is 11.5 Å².